The van der Waals surface area contributed by atoms with E-state index in [9.17, 15) is 15.0 Å². The third kappa shape index (κ3) is 6.40. The zero-order valence-corrected chi connectivity index (χ0v) is 28.8. The maximum Gasteiger partial charge on any atom is 0.291 e. The highest BCUT2D eigenvalue weighted by Gasteiger charge is 2.32. The molecule has 0 radical (unpaired) electrons. The predicted molar refractivity (Wildman–Crippen MR) is 185 cm³/mol. The number of aliphatic hydroxyl groups excluding tert-OH is 2. The molecule has 2 aliphatic heterocycles. The van der Waals surface area contributed by atoms with E-state index < -0.39 is 11.9 Å². The Kier molecular flexibility index (Phi) is 9.58. The van der Waals surface area contributed by atoms with Crippen LogP contribution in [0.25, 0.3) is 11.1 Å². The van der Waals surface area contributed by atoms with Crippen molar-refractivity contribution >= 4 is 34.8 Å². The molecule has 13 heteroatoms. The van der Waals surface area contributed by atoms with E-state index in [1.54, 1.807) is 12.1 Å². The Hall–Kier alpha value is -3.71. The van der Waals surface area contributed by atoms with Crippen molar-refractivity contribution in [2.24, 2.45) is 7.05 Å². The van der Waals surface area contributed by atoms with Crippen molar-refractivity contribution in [1.82, 2.24) is 19.4 Å². The molecule has 1 saturated heterocycles. The number of rotatable bonds is 10. The Morgan fingerprint density at radius 3 is 2.61 bits per heavy atom. The SMILES string of the molecule is COc1cc(OC2CCc3c(-c4cccc(NC(=O)c5nc6c(n5C)CCN(CCO)C6)c4Cl)cccc32)c(Cl)c(F)c1CN1CC(O)C1. The molecule has 0 bridgehead atoms. The van der Waals surface area contributed by atoms with Crippen molar-refractivity contribution < 1.29 is 28.9 Å². The lowest BCUT2D eigenvalue weighted by molar-refractivity contribution is -0.00382. The second kappa shape index (κ2) is 13.9. The zero-order valence-electron chi connectivity index (χ0n) is 27.3. The number of carbonyl (C=O) groups is 1. The van der Waals surface area contributed by atoms with E-state index in [2.05, 4.69) is 15.2 Å². The Balaban J connectivity index is 1.11. The fourth-order valence-electron chi connectivity index (χ4n) is 7.21. The number of benzene rings is 3. The first-order chi connectivity index (χ1) is 23.7. The molecule has 4 aromatic rings. The Morgan fingerprint density at radius 1 is 1.08 bits per heavy atom. The summed E-state index contributed by atoms with van der Waals surface area (Å²) in [7, 11) is 3.33. The van der Waals surface area contributed by atoms with Gasteiger partial charge in [0.2, 0.25) is 0 Å². The lowest BCUT2D eigenvalue weighted by Crippen LogP contribution is -2.50. The van der Waals surface area contributed by atoms with Gasteiger partial charge in [0.05, 0.1) is 36.2 Å². The first-order valence-electron chi connectivity index (χ1n) is 16.4. The van der Waals surface area contributed by atoms with Crippen LogP contribution in [0.5, 0.6) is 11.5 Å². The third-order valence-corrected chi connectivity index (χ3v) is 10.5. The van der Waals surface area contributed by atoms with Crippen LogP contribution < -0.4 is 14.8 Å². The number of fused-ring (bicyclic) bond motifs is 2. The van der Waals surface area contributed by atoms with Crippen molar-refractivity contribution in [3.8, 4) is 22.6 Å². The van der Waals surface area contributed by atoms with Gasteiger partial charge < -0.3 is 29.6 Å². The number of β-amino-alcohol motifs (C(OH)–C–C–N with tert-alkyl or cyclic N) is 2. The first kappa shape index (κ1) is 33.8. The van der Waals surface area contributed by atoms with Crippen LogP contribution in [0.2, 0.25) is 10.0 Å². The van der Waals surface area contributed by atoms with E-state index >= 15 is 4.39 Å². The maximum atomic E-state index is 15.5. The minimum atomic E-state index is -0.593. The second-order valence-electron chi connectivity index (χ2n) is 12.8. The highest BCUT2D eigenvalue weighted by Crippen LogP contribution is 2.45. The van der Waals surface area contributed by atoms with Crippen LogP contribution in [0.4, 0.5) is 10.1 Å². The number of aromatic nitrogens is 2. The van der Waals surface area contributed by atoms with Crippen LogP contribution >= 0.6 is 23.2 Å². The molecule has 0 spiro atoms. The van der Waals surface area contributed by atoms with E-state index in [1.165, 1.54) is 7.11 Å². The highest BCUT2D eigenvalue weighted by molar-refractivity contribution is 6.36. The number of hydrogen-bond acceptors (Lipinski definition) is 8. The molecular formula is C36H38Cl2FN5O5. The molecule has 7 rings (SSSR count). The number of imidazole rings is 1. The van der Waals surface area contributed by atoms with Crippen LogP contribution in [0.3, 0.4) is 0 Å². The predicted octanol–water partition coefficient (Wildman–Crippen LogP) is 5.39. The number of hydrogen-bond donors (Lipinski definition) is 3. The number of nitrogens with one attached hydrogen (secondary N) is 1. The standard InChI is InChI=1S/C36H38Cl2FN5O5/c1-42-28-11-12-43(13-14-45)19-27(28)40-35(42)36(47)41-26-8-4-7-24(32(26)37)21-5-3-6-23-22(21)9-10-29(23)49-31-15-30(48-2)25(34(39)33(31)38)18-44-16-20(46)17-44/h3-8,15,20,29,45-46H,9-14,16-19H2,1-2H3,(H,41,47). The summed E-state index contributed by atoms with van der Waals surface area (Å²) < 4.78 is 29.3. The molecule has 1 aromatic heterocycles. The number of amides is 1. The summed E-state index contributed by atoms with van der Waals surface area (Å²) in [5.41, 5.74) is 6.35. The van der Waals surface area contributed by atoms with Gasteiger partial charge >= 0.3 is 0 Å². The minimum Gasteiger partial charge on any atom is -0.496 e. The highest BCUT2D eigenvalue weighted by atomic mass is 35.5. The summed E-state index contributed by atoms with van der Waals surface area (Å²) in [6.45, 7) is 3.23. The van der Waals surface area contributed by atoms with Crippen molar-refractivity contribution in [2.75, 3.05) is 45.2 Å². The summed E-state index contributed by atoms with van der Waals surface area (Å²) in [4.78, 5) is 22.2. The summed E-state index contributed by atoms with van der Waals surface area (Å²) >= 11 is 13.5. The van der Waals surface area contributed by atoms with Gasteiger partial charge in [-0.3, -0.25) is 14.6 Å². The van der Waals surface area contributed by atoms with Gasteiger partial charge in [0.15, 0.2) is 11.6 Å². The molecule has 0 saturated carbocycles. The normalized spacial score (nSPS) is 17.8. The fraction of sp³-hybridized carbons (Fsp3) is 0.389. The van der Waals surface area contributed by atoms with Gasteiger partial charge in [-0.15, -0.1) is 0 Å². The van der Waals surface area contributed by atoms with Gasteiger partial charge in [-0.25, -0.2) is 9.37 Å². The number of aliphatic hydroxyl groups is 2. The topological polar surface area (TPSA) is 112 Å². The van der Waals surface area contributed by atoms with Gasteiger partial charge in [0.25, 0.3) is 5.91 Å². The summed E-state index contributed by atoms with van der Waals surface area (Å²) in [5, 5.41) is 22.2. The van der Waals surface area contributed by atoms with Gasteiger partial charge in [-0.05, 0) is 35.6 Å². The van der Waals surface area contributed by atoms with Crippen molar-refractivity contribution in [1.29, 1.82) is 0 Å². The lowest BCUT2D eigenvalue weighted by Gasteiger charge is -2.36. The molecule has 3 heterocycles. The van der Waals surface area contributed by atoms with Crippen LogP contribution in [-0.4, -0.2) is 81.5 Å². The molecule has 1 unspecified atom stereocenters. The molecule has 3 N–H and O–H groups in total. The number of likely N-dealkylation sites (tertiary alicyclic amines) is 1. The van der Waals surface area contributed by atoms with Gasteiger partial charge in [0, 0.05) is 75.6 Å². The quantitative estimate of drug-likeness (QED) is 0.201. The molecule has 3 aliphatic rings. The second-order valence-corrected chi connectivity index (χ2v) is 13.6. The summed E-state index contributed by atoms with van der Waals surface area (Å²) in [5.74, 6) is -0.109. The van der Waals surface area contributed by atoms with Gasteiger partial charge in [-0.1, -0.05) is 53.5 Å². The van der Waals surface area contributed by atoms with Crippen molar-refractivity contribution in [3.63, 3.8) is 0 Å². The third-order valence-electron chi connectivity index (χ3n) is 9.75. The Bertz CT molecular complexity index is 1910. The zero-order chi connectivity index (χ0) is 34.4. The molecule has 1 fully saturated rings. The van der Waals surface area contributed by atoms with Crippen molar-refractivity contribution in [2.45, 2.75) is 44.6 Å². The van der Waals surface area contributed by atoms with Gasteiger partial charge in [0.1, 0.15) is 22.6 Å². The number of carbonyl (C=O) groups excluding carboxylic acids is 1. The van der Waals surface area contributed by atoms with Crippen LogP contribution in [0.15, 0.2) is 42.5 Å². The summed E-state index contributed by atoms with van der Waals surface area (Å²) in [6.07, 6.45) is 1.31. The largest absolute Gasteiger partial charge is 0.496 e. The summed E-state index contributed by atoms with van der Waals surface area (Å²) in [6, 6.07) is 13.1. The molecule has 1 atom stereocenters. The number of anilines is 1. The monoisotopic (exact) mass is 709 g/mol. The van der Waals surface area contributed by atoms with E-state index in [4.69, 9.17) is 32.7 Å². The minimum absolute atomic E-state index is 0.0760. The molecule has 10 nitrogen and oxygen atoms in total. The molecule has 3 aromatic carbocycles. The molecule has 49 heavy (non-hydrogen) atoms. The molecule has 1 amide bonds. The molecular weight excluding hydrogens is 672 g/mol. The smallest absolute Gasteiger partial charge is 0.291 e. The average Bonchev–Trinajstić information content (AvgIpc) is 3.64. The number of halogens is 3. The van der Waals surface area contributed by atoms with E-state index in [1.807, 2.05) is 46.8 Å². The van der Waals surface area contributed by atoms with Gasteiger partial charge in [-0.2, -0.15) is 0 Å². The fourth-order valence-corrected chi connectivity index (χ4v) is 7.69. The Morgan fingerprint density at radius 2 is 1.86 bits per heavy atom. The van der Waals surface area contributed by atoms with Crippen LogP contribution in [0.1, 0.15) is 51.2 Å². The van der Waals surface area contributed by atoms with Crippen LogP contribution in [-0.2, 0) is 33.0 Å². The van der Waals surface area contributed by atoms with Crippen LogP contribution in [0, 0.1) is 5.82 Å². The maximum absolute atomic E-state index is 15.5. The number of nitrogens with zero attached hydrogens (tertiary/aromatic N) is 4. The van der Waals surface area contributed by atoms with E-state index in [0.29, 0.717) is 66.9 Å². The molecule has 258 valence electrons. The van der Waals surface area contributed by atoms with E-state index in [0.717, 1.165) is 46.6 Å². The number of ether oxygens (including phenoxy) is 2. The average molecular weight is 711 g/mol. The molecule has 1 aliphatic carbocycles. The Labute approximate surface area is 294 Å². The van der Waals surface area contributed by atoms with E-state index in [-0.39, 0.29) is 35.9 Å². The lowest BCUT2D eigenvalue weighted by atomic mass is 9.96. The number of methoxy groups -OCH3 is 1. The first-order valence-corrected chi connectivity index (χ1v) is 17.1. The van der Waals surface area contributed by atoms with Crippen molar-refractivity contribution in [3.05, 3.63) is 92.2 Å².